The van der Waals surface area contributed by atoms with Gasteiger partial charge >= 0.3 is 0 Å². The molecule has 21 heavy (non-hydrogen) atoms. The van der Waals surface area contributed by atoms with E-state index >= 15 is 0 Å². The van der Waals surface area contributed by atoms with Crippen molar-refractivity contribution in [2.45, 2.75) is 58.5 Å². The second-order valence-corrected chi connectivity index (χ2v) is 7.05. The van der Waals surface area contributed by atoms with Gasteiger partial charge < -0.3 is 10.2 Å². The van der Waals surface area contributed by atoms with E-state index in [1.54, 1.807) is 0 Å². The minimum absolute atomic E-state index is 0.658. The van der Waals surface area contributed by atoms with Gasteiger partial charge in [0, 0.05) is 44.0 Å². The summed E-state index contributed by atoms with van der Waals surface area (Å²) < 4.78 is 1.99. The minimum Gasteiger partial charge on any atom is -0.308 e. The van der Waals surface area contributed by atoms with Crippen molar-refractivity contribution in [1.29, 1.82) is 0 Å². The fraction of sp³-hybridized carbons (Fsp3) is 0.824. The zero-order valence-electron chi connectivity index (χ0n) is 13.9. The SMILES string of the molecule is Cc1nn(C)c(C)c1CN[C@@H]1CCN(CC2CCCC2)C1. The van der Waals surface area contributed by atoms with Gasteiger partial charge in [-0.3, -0.25) is 4.68 Å². The van der Waals surface area contributed by atoms with Crippen molar-refractivity contribution >= 4 is 0 Å². The van der Waals surface area contributed by atoms with Crippen LogP contribution in [0.3, 0.4) is 0 Å². The number of likely N-dealkylation sites (tertiary alicyclic amines) is 1. The van der Waals surface area contributed by atoms with Crippen LogP contribution in [0.1, 0.15) is 49.1 Å². The molecule has 0 unspecified atom stereocenters. The molecule has 4 nitrogen and oxygen atoms in total. The zero-order valence-corrected chi connectivity index (χ0v) is 13.9. The summed E-state index contributed by atoms with van der Waals surface area (Å²) in [5.74, 6) is 0.978. The molecule has 1 aliphatic carbocycles. The first-order chi connectivity index (χ1) is 10.1. The van der Waals surface area contributed by atoms with Gasteiger partial charge in [0.2, 0.25) is 0 Å². The average molecular weight is 290 g/mol. The highest BCUT2D eigenvalue weighted by Crippen LogP contribution is 2.26. The lowest BCUT2D eigenvalue weighted by Crippen LogP contribution is -2.34. The van der Waals surface area contributed by atoms with Crippen molar-refractivity contribution < 1.29 is 0 Å². The fourth-order valence-corrected chi connectivity index (χ4v) is 4.04. The minimum atomic E-state index is 0.658. The summed E-state index contributed by atoms with van der Waals surface area (Å²) in [6.45, 7) is 9.09. The van der Waals surface area contributed by atoms with E-state index in [1.165, 1.54) is 68.7 Å². The lowest BCUT2D eigenvalue weighted by Gasteiger charge is -2.20. The van der Waals surface area contributed by atoms with Crippen LogP contribution in [0.25, 0.3) is 0 Å². The molecule has 0 aromatic carbocycles. The summed E-state index contributed by atoms with van der Waals surface area (Å²) >= 11 is 0. The molecule has 1 aromatic heterocycles. The third-order valence-corrected chi connectivity index (χ3v) is 5.49. The predicted octanol–water partition coefficient (Wildman–Crippen LogP) is 2.39. The molecule has 0 bridgehead atoms. The number of hydrogen-bond donors (Lipinski definition) is 1. The van der Waals surface area contributed by atoms with Crippen LogP contribution in [0.2, 0.25) is 0 Å². The molecule has 2 fully saturated rings. The van der Waals surface area contributed by atoms with Gasteiger partial charge in [-0.15, -0.1) is 0 Å². The summed E-state index contributed by atoms with van der Waals surface area (Å²) in [4.78, 5) is 2.68. The number of hydrogen-bond acceptors (Lipinski definition) is 3. The van der Waals surface area contributed by atoms with Crippen molar-refractivity contribution in [2.75, 3.05) is 19.6 Å². The van der Waals surface area contributed by atoms with E-state index in [4.69, 9.17) is 0 Å². The summed E-state index contributed by atoms with van der Waals surface area (Å²) in [7, 11) is 2.03. The van der Waals surface area contributed by atoms with Gasteiger partial charge in [-0.1, -0.05) is 12.8 Å². The third kappa shape index (κ3) is 3.49. The first-order valence-corrected chi connectivity index (χ1v) is 8.58. The molecule has 1 atom stereocenters. The van der Waals surface area contributed by atoms with Gasteiger partial charge in [-0.05, 0) is 45.6 Å². The fourth-order valence-electron chi connectivity index (χ4n) is 4.04. The van der Waals surface area contributed by atoms with E-state index in [0.29, 0.717) is 6.04 Å². The normalized spacial score (nSPS) is 24.2. The zero-order chi connectivity index (χ0) is 14.8. The number of aryl methyl sites for hydroxylation is 2. The molecule has 0 radical (unpaired) electrons. The Balaban J connectivity index is 1.46. The maximum atomic E-state index is 4.51. The molecular weight excluding hydrogens is 260 g/mol. The summed E-state index contributed by atoms with van der Waals surface area (Å²) in [5.41, 5.74) is 3.84. The van der Waals surface area contributed by atoms with Gasteiger partial charge in [0.1, 0.15) is 0 Å². The molecule has 4 heteroatoms. The average Bonchev–Trinajstić information content (AvgIpc) is 3.15. The lowest BCUT2D eigenvalue weighted by atomic mass is 10.1. The molecule has 0 spiro atoms. The molecule has 1 saturated heterocycles. The first kappa shape index (κ1) is 15.0. The van der Waals surface area contributed by atoms with Crippen molar-refractivity contribution in [3.8, 4) is 0 Å². The van der Waals surface area contributed by atoms with Crippen LogP contribution in [0.15, 0.2) is 0 Å². The largest absolute Gasteiger partial charge is 0.308 e. The van der Waals surface area contributed by atoms with Crippen molar-refractivity contribution in [1.82, 2.24) is 20.0 Å². The van der Waals surface area contributed by atoms with Crippen molar-refractivity contribution in [2.24, 2.45) is 13.0 Å². The standard InChI is InChI=1S/C17H30N4/c1-13-17(14(2)20(3)19-13)10-18-16-8-9-21(12-16)11-15-6-4-5-7-15/h15-16,18H,4-12H2,1-3H3/t16-/m1/s1. The highest BCUT2D eigenvalue weighted by atomic mass is 15.3. The Kier molecular flexibility index (Phi) is 4.65. The van der Waals surface area contributed by atoms with Crippen LogP contribution in [0.5, 0.6) is 0 Å². The van der Waals surface area contributed by atoms with Gasteiger partial charge in [0.05, 0.1) is 5.69 Å². The van der Waals surface area contributed by atoms with E-state index < -0.39 is 0 Å². The molecule has 118 valence electrons. The van der Waals surface area contributed by atoms with E-state index in [0.717, 1.165) is 12.5 Å². The quantitative estimate of drug-likeness (QED) is 0.904. The van der Waals surface area contributed by atoms with Crippen LogP contribution in [-0.2, 0) is 13.6 Å². The molecule has 0 amide bonds. The molecule has 3 rings (SSSR count). The summed E-state index contributed by atoms with van der Waals surface area (Å²) in [5, 5.41) is 8.26. The number of nitrogens with zero attached hydrogens (tertiary/aromatic N) is 3. The first-order valence-electron chi connectivity index (χ1n) is 8.58. The number of rotatable bonds is 5. The summed E-state index contributed by atoms with van der Waals surface area (Å²) in [6.07, 6.45) is 7.13. The van der Waals surface area contributed by atoms with E-state index in [9.17, 15) is 0 Å². The highest BCUT2D eigenvalue weighted by Gasteiger charge is 2.26. The van der Waals surface area contributed by atoms with Gasteiger partial charge in [-0.25, -0.2) is 0 Å². The Morgan fingerprint density at radius 3 is 2.62 bits per heavy atom. The van der Waals surface area contributed by atoms with Crippen LogP contribution in [0.4, 0.5) is 0 Å². The molecule has 1 aromatic rings. The molecule has 1 aliphatic heterocycles. The van der Waals surface area contributed by atoms with Crippen LogP contribution in [0, 0.1) is 19.8 Å². The van der Waals surface area contributed by atoms with Crippen molar-refractivity contribution in [3.05, 3.63) is 17.0 Å². The van der Waals surface area contributed by atoms with Gasteiger partial charge in [0.25, 0.3) is 0 Å². The Morgan fingerprint density at radius 2 is 1.95 bits per heavy atom. The Labute approximate surface area is 128 Å². The van der Waals surface area contributed by atoms with Crippen LogP contribution in [-0.4, -0.2) is 40.4 Å². The van der Waals surface area contributed by atoms with Gasteiger partial charge in [0.15, 0.2) is 0 Å². The molecule has 2 aliphatic rings. The molecule has 1 saturated carbocycles. The highest BCUT2D eigenvalue weighted by molar-refractivity contribution is 5.24. The second-order valence-electron chi connectivity index (χ2n) is 7.05. The third-order valence-electron chi connectivity index (χ3n) is 5.49. The Hall–Kier alpha value is -0.870. The molecule has 1 N–H and O–H groups in total. The lowest BCUT2D eigenvalue weighted by molar-refractivity contribution is 0.273. The van der Waals surface area contributed by atoms with Crippen LogP contribution < -0.4 is 5.32 Å². The van der Waals surface area contributed by atoms with E-state index in [2.05, 4.69) is 29.2 Å². The predicted molar refractivity (Wildman–Crippen MR) is 86.3 cm³/mol. The monoisotopic (exact) mass is 290 g/mol. The van der Waals surface area contributed by atoms with Crippen molar-refractivity contribution in [3.63, 3.8) is 0 Å². The van der Waals surface area contributed by atoms with Gasteiger partial charge in [-0.2, -0.15) is 5.10 Å². The smallest absolute Gasteiger partial charge is 0.0641 e. The summed E-state index contributed by atoms with van der Waals surface area (Å²) in [6, 6.07) is 0.658. The number of aromatic nitrogens is 2. The second kappa shape index (κ2) is 6.49. The molecular formula is C17H30N4. The van der Waals surface area contributed by atoms with E-state index in [1.807, 2.05) is 11.7 Å². The Bertz CT molecular complexity index is 473. The maximum absolute atomic E-state index is 4.51. The topological polar surface area (TPSA) is 33.1 Å². The Morgan fingerprint density at radius 1 is 1.19 bits per heavy atom. The van der Waals surface area contributed by atoms with E-state index in [-0.39, 0.29) is 0 Å². The maximum Gasteiger partial charge on any atom is 0.0641 e. The molecule has 2 heterocycles. The number of nitrogens with one attached hydrogen (secondary N) is 1. The van der Waals surface area contributed by atoms with Crippen LogP contribution >= 0.6 is 0 Å².